The fourth-order valence-electron chi connectivity index (χ4n) is 0. The Balaban J connectivity index is -0.000000117. The van der Waals surface area contributed by atoms with Crippen LogP contribution in [0, 0.1) is 5.92 Å². The van der Waals surface area contributed by atoms with E-state index in [0.717, 1.165) is 12.5 Å². The van der Waals surface area contributed by atoms with Crippen molar-refractivity contribution in [3.8, 4) is 0 Å². The van der Waals surface area contributed by atoms with Crippen LogP contribution in [0.4, 0.5) is 0 Å². The lowest BCUT2D eigenvalue weighted by Crippen LogP contribution is -2.01. The number of nitrogens with one attached hydrogen (secondary N) is 1. The molecule has 0 bridgehead atoms. The van der Waals surface area contributed by atoms with Gasteiger partial charge in [0.05, 0.1) is 0 Å². The molecule has 84 valence electrons. The van der Waals surface area contributed by atoms with Crippen LogP contribution in [0.3, 0.4) is 0 Å². The molecule has 0 amide bonds. The van der Waals surface area contributed by atoms with E-state index in [1.54, 1.807) is 0 Å². The van der Waals surface area contributed by atoms with Gasteiger partial charge in [-0.1, -0.05) is 60.8 Å². The molecule has 0 spiro atoms. The average molecular weight is 189 g/mol. The lowest BCUT2D eigenvalue weighted by molar-refractivity contribution is 0.626. The molecule has 0 radical (unpaired) electrons. The fourth-order valence-corrected chi connectivity index (χ4v) is 0. The van der Waals surface area contributed by atoms with Crippen molar-refractivity contribution in [3.05, 3.63) is 0 Å². The molecule has 0 aromatic carbocycles. The van der Waals surface area contributed by atoms with Gasteiger partial charge in [-0.3, -0.25) is 0 Å². The Labute approximate surface area is 86.3 Å². The molecule has 0 unspecified atom stereocenters. The lowest BCUT2D eigenvalue weighted by Gasteiger charge is -1.90. The van der Waals surface area contributed by atoms with E-state index in [-0.39, 0.29) is 0 Å². The molecular weight excluding hydrogens is 158 g/mol. The first kappa shape index (κ1) is 18.7. The van der Waals surface area contributed by atoms with Crippen LogP contribution in [-0.4, -0.2) is 13.6 Å². The summed E-state index contributed by atoms with van der Waals surface area (Å²) in [6.07, 6.45) is 3.94. The minimum atomic E-state index is 0.884. The molecule has 0 aliphatic carbocycles. The molecule has 13 heavy (non-hydrogen) atoms. The molecule has 0 saturated heterocycles. The van der Waals surface area contributed by atoms with Gasteiger partial charge in [0.15, 0.2) is 0 Å². The molecular formula is C12H31N. The van der Waals surface area contributed by atoms with E-state index in [0.29, 0.717) is 0 Å². The summed E-state index contributed by atoms with van der Waals surface area (Å²) in [7, 11) is 1.93. The molecule has 0 fully saturated rings. The number of hydrogen-bond acceptors (Lipinski definition) is 1. The highest BCUT2D eigenvalue weighted by molar-refractivity contribution is 4.32. The Bertz CT molecular complexity index is 43.1. The molecule has 0 aromatic heterocycles. The monoisotopic (exact) mass is 189 g/mol. The van der Waals surface area contributed by atoms with Crippen LogP contribution in [0.2, 0.25) is 0 Å². The lowest BCUT2D eigenvalue weighted by atomic mass is 10.2. The molecule has 0 aromatic rings. The SMILES string of the molecule is CCC(C)C.CCCC.CCNC. The molecule has 0 aliphatic heterocycles. The molecule has 0 saturated carbocycles. The number of rotatable bonds is 3. The highest BCUT2D eigenvalue weighted by Crippen LogP contribution is 1.93. The summed E-state index contributed by atoms with van der Waals surface area (Å²) in [5.41, 5.74) is 0. The average Bonchev–Trinajstić information content (AvgIpc) is 2.18. The van der Waals surface area contributed by atoms with E-state index in [4.69, 9.17) is 0 Å². The van der Waals surface area contributed by atoms with Crippen LogP contribution in [-0.2, 0) is 0 Å². The van der Waals surface area contributed by atoms with Crippen molar-refractivity contribution in [1.82, 2.24) is 5.32 Å². The molecule has 0 rings (SSSR count). The maximum absolute atomic E-state index is 2.93. The molecule has 0 atom stereocenters. The fraction of sp³-hybridized carbons (Fsp3) is 1.00. The van der Waals surface area contributed by atoms with Crippen molar-refractivity contribution in [2.75, 3.05) is 13.6 Å². The molecule has 0 heterocycles. The number of hydrogen-bond donors (Lipinski definition) is 1. The second kappa shape index (κ2) is 22.7. The van der Waals surface area contributed by atoms with Crippen molar-refractivity contribution < 1.29 is 0 Å². The van der Waals surface area contributed by atoms with Gasteiger partial charge in [-0.15, -0.1) is 0 Å². The van der Waals surface area contributed by atoms with Gasteiger partial charge in [-0.25, -0.2) is 0 Å². The Morgan fingerprint density at radius 1 is 0.923 bits per heavy atom. The normalized spacial score (nSPS) is 8.31. The summed E-state index contributed by atoms with van der Waals surface area (Å²) in [4.78, 5) is 0. The van der Waals surface area contributed by atoms with Crippen LogP contribution in [0.1, 0.15) is 60.8 Å². The third-order valence-electron chi connectivity index (χ3n) is 1.67. The standard InChI is InChI=1S/C5H12.C4H10.C3H9N/c1-4-5(2)3;2*1-3-4-2/h5H,4H2,1-3H3;3-4H2,1-2H3;4H,3H2,1-2H3. The Kier molecular flexibility index (Phi) is 32.6. The van der Waals surface area contributed by atoms with Gasteiger partial charge in [-0.2, -0.15) is 0 Å². The second-order valence-electron chi connectivity index (χ2n) is 3.51. The minimum absolute atomic E-state index is 0.884. The Morgan fingerprint density at radius 2 is 1.15 bits per heavy atom. The van der Waals surface area contributed by atoms with Crippen molar-refractivity contribution in [2.24, 2.45) is 5.92 Å². The number of unbranched alkanes of at least 4 members (excludes halogenated alkanes) is 1. The third-order valence-corrected chi connectivity index (χ3v) is 1.67. The zero-order chi connectivity index (χ0) is 11.1. The zero-order valence-electron chi connectivity index (χ0n) is 10.9. The van der Waals surface area contributed by atoms with Gasteiger partial charge < -0.3 is 5.32 Å². The van der Waals surface area contributed by atoms with Crippen molar-refractivity contribution in [2.45, 2.75) is 60.8 Å². The van der Waals surface area contributed by atoms with Gasteiger partial charge in [0, 0.05) is 0 Å². The van der Waals surface area contributed by atoms with Gasteiger partial charge >= 0.3 is 0 Å². The Hall–Kier alpha value is -0.0400. The maximum Gasteiger partial charge on any atom is -0.00804 e. The van der Waals surface area contributed by atoms with Crippen LogP contribution in [0.25, 0.3) is 0 Å². The quantitative estimate of drug-likeness (QED) is 0.705. The van der Waals surface area contributed by atoms with Crippen molar-refractivity contribution in [3.63, 3.8) is 0 Å². The zero-order valence-corrected chi connectivity index (χ0v) is 10.9. The highest BCUT2D eigenvalue weighted by atomic mass is 14.8. The van der Waals surface area contributed by atoms with E-state index in [9.17, 15) is 0 Å². The third kappa shape index (κ3) is 75.7. The summed E-state index contributed by atoms with van der Waals surface area (Å²) < 4.78 is 0. The largest absolute Gasteiger partial charge is 0.320 e. The first-order valence-corrected chi connectivity index (χ1v) is 5.74. The molecule has 1 N–H and O–H groups in total. The summed E-state index contributed by atoms with van der Waals surface area (Å²) in [5, 5.41) is 2.93. The minimum Gasteiger partial charge on any atom is -0.320 e. The maximum atomic E-state index is 2.93. The summed E-state index contributed by atoms with van der Waals surface area (Å²) in [5.74, 6) is 0.884. The van der Waals surface area contributed by atoms with Gasteiger partial charge in [0.2, 0.25) is 0 Å². The summed E-state index contributed by atoms with van der Waals surface area (Å²) in [6, 6.07) is 0. The van der Waals surface area contributed by atoms with E-state index < -0.39 is 0 Å². The van der Waals surface area contributed by atoms with E-state index in [2.05, 4.69) is 46.9 Å². The van der Waals surface area contributed by atoms with E-state index >= 15 is 0 Å². The van der Waals surface area contributed by atoms with Crippen molar-refractivity contribution >= 4 is 0 Å². The van der Waals surface area contributed by atoms with Gasteiger partial charge in [-0.05, 0) is 19.5 Å². The summed E-state index contributed by atoms with van der Waals surface area (Å²) in [6.45, 7) is 14.1. The van der Waals surface area contributed by atoms with E-state index in [1.165, 1.54) is 19.3 Å². The predicted octanol–water partition coefficient (Wildman–Crippen LogP) is 4.08. The molecule has 0 aliphatic rings. The van der Waals surface area contributed by atoms with Crippen LogP contribution < -0.4 is 5.32 Å². The highest BCUT2D eigenvalue weighted by Gasteiger charge is 1.80. The first-order chi connectivity index (χ1) is 6.10. The van der Waals surface area contributed by atoms with Crippen LogP contribution in [0.5, 0.6) is 0 Å². The van der Waals surface area contributed by atoms with Crippen LogP contribution in [0.15, 0.2) is 0 Å². The first-order valence-electron chi connectivity index (χ1n) is 5.74. The second-order valence-corrected chi connectivity index (χ2v) is 3.51. The Morgan fingerprint density at radius 3 is 1.15 bits per heavy atom. The molecule has 1 nitrogen and oxygen atoms in total. The van der Waals surface area contributed by atoms with Gasteiger partial charge in [0.25, 0.3) is 0 Å². The topological polar surface area (TPSA) is 12.0 Å². The smallest absolute Gasteiger partial charge is 0.00804 e. The van der Waals surface area contributed by atoms with Gasteiger partial charge in [0.1, 0.15) is 0 Å². The predicted molar refractivity (Wildman–Crippen MR) is 65.3 cm³/mol. The summed E-state index contributed by atoms with van der Waals surface area (Å²) >= 11 is 0. The van der Waals surface area contributed by atoms with Crippen LogP contribution >= 0.6 is 0 Å². The molecule has 1 heteroatoms. The van der Waals surface area contributed by atoms with E-state index in [1.807, 2.05) is 7.05 Å². The van der Waals surface area contributed by atoms with Crippen molar-refractivity contribution in [1.29, 1.82) is 0 Å².